The van der Waals surface area contributed by atoms with E-state index in [1.165, 1.54) is 0 Å². The zero-order valence-electron chi connectivity index (χ0n) is 15.0. The molecule has 0 aliphatic heterocycles. The zero-order chi connectivity index (χ0) is 19.3. The largest absolute Gasteiger partial charge is 0.508 e. The van der Waals surface area contributed by atoms with Gasteiger partial charge in [-0.1, -0.05) is 24.3 Å². The number of phenols is 2. The quantitative estimate of drug-likeness (QED) is 0.452. The first kappa shape index (κ1) is 17.5. The molecule has 0 spiro atoms. The fraction of sp³-hybridized carbons (Fsp3) is 0. The van der Waals surface area contributed by atoms with Crippen LogP contribution in [0, 0.1) is 0 Å². The van der Waals surface area contributed by atoms with Crippen molar-refractivity contribution < 1.29 is 10.2 Å². The monoisotopic (exact) mass is 366 g/mol. The van der Waals surface area contributed by atoms with Gasteiger partial charge >= 0.3 is 0 Å². The smallest absolute Gasteiger partial charge is 0.115 e. The van der Waals surface area contributed by atoms with Crippen molar-refractivity contribution in [1.82, 2.24) is 0 Å². The van der Waals surface area contributed by atoms with E-state index in [1.807, 2.05) is 60.7 Å². The highest BCUT2D eigenvalue weighted by atomic mass is 16.3. The number of hydrogen-bond donors (Lipinski definition) is 2. The van der Waals surface area contributed by atoms with Gasteiger partial charge in [-0.15, -0.1) is 0 Å². The van der Waals surface area contributed by atoms with Gasteiger partial charge in [0.05, 0.1) is 11.4 Å². The summed E-state index contributed by atoms with van der Waals surface area (Å²) in [5.74, 6) is 0.469. The summed E-state index contributed by atoms with van der Waals surface area (Å²) in [6, 6.07) is 25.7. The second kappa shape index (κ2) is 7.76. The molecule has 2 N–H and O–H groups in total. The molecule has 28 heavy (non-hydrogen) atoms. The van der Waals surface area contributed by atoms with Crippen LogP contribution in [0.2, 0.25) is 0 Å². The summed E-state index contributed by atoms with van der Waals surface area (Å²) in [5, 5.41) is 20.8. The van der Waals surface area contributed by atoms with Gasteiger partial charge in [0.15, 0.2) is 0 Å². The summed E-state index contributed by atoms with van der Waals surface area (Å²) >= 11 is 0. The van der Waals surface area contributed by atoms with Gasteiger partial charge in [0.1, 0.15) is 11.5 Å². The molecule has 4 rings (SSSR count). The van der Waals surface area contributed by atoms with Crippen molar-refractivity contribution in [3.05, 3.63) is 96.1 Å². The van der Waals surface area contributed by atoms with Crippen LogP contribution in [-0.4, -0.2) is 22.6 Å². The maximum Gasteiger partial charge on any atom is 0.115 e. The second-order valence-corrected chi connectivity index (χ2v) is 6.35. The highest BCUT2D eigenvalue weighted by Crippen LogP contribution is 2.32. The molecule has 0 saturated heterocycles. The van der Waals surface area contributed by atoms with Gasteiger partial charge in [0.2, 0.25) is 0 Å². The van der Waals surface area contributed by atoms with Gasteiger partial charge in [-0.25, -0.2) is 0 Å². The molecule has 4 aromatic rings. The third kappa shape index (κ3) is 3.91. The molecule has 0 bridgehead atoms. The summed E-state index contributed by atoms with van der Waals surface area (Å²) in [6.07, 6.45) is 3.56. The van der Waals surface area contributed by atoms with Crippen LogP contribution in [0.25, 0.3) is 10.8 Å². The predicted molar refractivity (Wildman–Crippen MR) is 115 cm³/mol. The van der Waals surface area contributed by atoms with Crippen LogP contribution < -0.4 is 0 Å². The lowest BCUT2D eigenvalue weighted by molar-refractivity contribution is 0.475. The fourth-order valence-corrected chi connectivity index (χ4v) is 2.91. The highest BCUT2D eigenvalue weighted by Gasteiger charge is 2.03. The Balaban J connectivity index is 1.68. The predicted octanol–water partition coefficient (Wildman–Crippen LogP) is 5.75. The first-order valence-electron chi connectivity index (χ1n) is 8.87. The van der Waals surface area contributed by atoms with E-state index < -0.39 is 0 Å². The number of phenolic OH excluding ortho intramolecular Hbond substituents is 2. The molecule has 0 heterocycles. The number of benzene rings is 4. The molecule has 0 radical (unpaired) electrons. The Bertz CT molecular complexity index is 1070. The van der Waals surface area contributed by atoms with Gasteiger partial charge in [-0.3, -0.25) is 9.98 Å². The van der Waals surface area contributed by atoms with Gasteiger partial charge in [0.25, 0.3) is 0 Å². The molecule has 0 atom stereocenters. The molecule has 0 aliphatic rings. The second-order valence-electron chi connectivity index (χ2n) is 6.35. The lowest BCUT2D eigenvalue weighted by Gasteiger charge is -2.05. The average Bonchev–Trinajstić information content (AvgIpc) is 2.73. The summed E-state index contributed by atoms with van der Waals surface area (Å²) < 4.78 is 0. The molecule has 4 nitrogen and oxygen atoms in total. The summed E-state index contributed by atoms with van der Waals surface area (Å²) in [5.41, 5.74) is 3.53. The molecular weight excluding hydrogens is 348 g/mol. The number of aromatic hydroxyl groups is 2. The summed E-state index contributed by atoms with van der Waals surface area (Å²) in [4.78, 5) is 9.23. The van der Waals surface area contributed by atoms with Crippen LogP contribution in [0.15, 0.2) is 94.9 Å². The third-order valence-electron chi connectivity index (χ3n) is 4.37. The Kier molecular flexibility index (Phi) is 4.85. The molecule has 0 aromatic heterocycles. The van der Waals surface area contributed by atoms with Crippen LogP contribution in [-0.2, 0) is 0 Å². The van der Waals surface area contributed by atoms with Crippen molar-refractivity contribution in [1.29, 1.82) is 0 Å². The fourth-order valence-electron chi connectivity index (χ4n) is 2.91. The van der Waals surface area contributed by atoms with E-state index in [4.69, 9.17) is 0 Å². The molecule has 136 valence electrons. The van der Waals surface area contributed by atoms with Crippen molar-refractivity contribution >= 4 is 34.6 Å². The Hall–Kier alpha value is -3.92. The minimum Gasteiger partial charge on any atom is -0.508 e. The Morgan fingerprint density at radius 1 is 0.500 bits per heavy atom. The van der Waals surface area contributed by atoms with E-state index in [2.05, 4.69) is 9.98 Å². The molecule has 4 heteroatoms. The first-order chi connectivity index (χ1) is 13.7. The van der Waals surface area contributed by atoms with Gasteiger partial charge in [-0.05, 0) is 71.8 Å². The summed E-state index contributed by atoms with van der Waals surface area (Å²) in [6.45, 7) is 0. The maximum atomic E-state index is 9.39. The number of rotatable bonds is 4. The van der Waals surface area contributed by atoms with E-state index in [1.54, 1.807) is 36.7 Å². The van der Waals surface area contributed by atoms with E-state index in [0.717, 1.165) is 33.3 Å². The van der Waals surface area contributed by atoms with Gasteiger partial charge < -0.3 is 10.2 Å². The average molecular weight is 366 g/mol. The Morgan fingerprint density at radius 3 is 1.29 bits per heavy atom. The number of aliphatic imine (C=N–C) groups is 2. The van der Waals surface area contributed by atoms with Gasteiger partial charge in [0, 0.05) is 23.2 Å². The molecular formula is C24H18N2O2. The first-order valence-corrected chi connectivity index (χ1v) is 8.87. The molecule has 4 aromatic carbocycles. The number of fused-ring (bicyclic) bond motifs is 1. The highest BCUT2D eigenvalue weighted by molar-refractivity contribution is 6.02. The van der Waals surface area contributed by atoms with Crippen molar-refractivity contribution in [2.75, 3.05) is 0 Å². The topological polar surface area (TPSA) is 65.2 Å². The standard InChI is InChI=1S/C24H18N2O2/c27-19-11-7-17(8-12-19)15-25-23-5-1-3-21-22(23)4-2-6-24(21)26-16-18-9-13-20(28)14-10-18/h1-16,27-28H. The van der Waals surface area contributed by atoms with Gasteiger partial charge in [-0.2, -0.15) is 0 Å². The molecule has 0 fully saturated rings. The van der Waals surface area contributed by atoms with Crippen LogP contribution >= 0.6 is 0 Å². The minimum atomic E-state index is 0.235. The van der Waals surface area contributed by atoms with Crippen molar-refractivity contribution in [2.24, 2.45) is 9.98 Å². The van der Waals surface area contributed by atoms with E-state index in [-0.39, 0.29) is 11.5 Å². The normalized spacial score (nSPS) is 11.6. The van der Waals surface area contributed by atoms with Crippen LogP contribution in [0.4, 0.5) is 11.4 Å². The molecule has 0 saturated carbocycles. The number of hydrogen-bond acceptors (Lipinski definition) is 4. The molecule has 0 amide bonds. The SMILES string of the molecule is Oc1ccc(C=Nc2cccc3c(N=Cc4ccc(O)cc4)cccc23)cc1. The van der Waals surface area contributed by atoms with Crippen molar-refractivity contribution in [3.63, 3.8) is 0 Å². The lowest BCUT2D eigenvalue weighted by atomic mass is 10.1. The lowest BCUT2D eigenvalue weighted by Crippen LogP contribution is -1.82. The van der Waals surface area contributed by atoms with E-state index in [0.29, 0.717) is 0 Å². The van der Waals surface area contributed by atoms with Crippen molar-refractivity contribution in [3.8, 4) is 11.5 Å². The van der Waals surface area contributed by atoms with Crippen LogP contribution in [0.3, 0.4) is 0 Å². The molecule has 0 unspecified atom stereocenters. The van der Waals surface area contributed by atoms with E-state index in [9.17, 15) is 10.2 Å². The summed E-state index contributed by atoms with van der Waals surface area (Å²) in [7, 11) is 0. The van der Waals surface area contributed by atoms with Crippen molar-refractivity contribution in [2.45, 2.75) is 0 Å². The third-order valence-corrected chi connectivity index (χ3v) is 4.37. The molecule has 0 aliphatic carbocycles. The maximum absolute atomic E-state index is 9.39. The van der Waals surface area contributed by atoms with E-state index >= 15 is 0 Å². The van der Waals surface area contributed by atoms with Crippen LogP contribution in [0.1, 0.15) is 11.1 Å². The Morgan fingerprint density at radius 2 is 0.893 bits per heavy atom. The Labute approximate surface area is 162 Å². The number of nitrogens with zero attached hydrogens (tertiary/aromatic N) is 2. The minimum absolute atomic E-state index is 0.235. The van der Waals surface area contributed by atoms with Crippen LogP contribution in [0.5, 0.6) is 11.5 Å². The zero-order valence-corrected chi connectivity index (χ0v) is 15.0.